The summed E-state index contributed by atoms with van der Waals surface area (Å²) in [6, 6.07) is 4.03. The summed E-state index contributed by atoms with van der Waals surface area (Å²) < 4.78 is 1.04. The van der Waals surface area contributed by atoms with E-state index in [0.29, 0.717) is 10.0 Å². The SMILES string of the molecule is CC[N+](CC)(CC)Cc1cc(Cl)c(NC2=NCCN2)c(Cl)c1.[Br-]. The molecule has 2 rings (SSSR count). The Labute approximate surface area is 159 Å². The number of nitrogens with zero attached hydrogens (tertiary/aromatic N) is 2. The average Bonchev–Trinajstić information content (AvgIpc) is 3.02. The molecule has 0 saturated heterocycles. The van der Waals surface area contributed by atoms with E-state index in [4.69, 9.17) is 23.2 Å². The van der Waals surface area contributed by atoms with Gasteiger partial charge in [-0.05, 0) is 32.9 Å². The normalized spacial score (nSPS) is 14.0. The van der Waals surface area contributed by atoms with Gasteiger partial charge in [-0.2, -0.15) is 0 Å². The molecule has 1 aliphatic heterocycles. The second kappa shape index (κ2) is 9.11. The first kappa shape index (κ1) is 20.6. The molecule has 0 unspecified atom stereocenters. The molecule has 7 heteroatoms. The molecule has 0 amide bonds. The summed E-state index contributed by atoms with van der Waals surface area (Å²) in [4.78, 5) is 4.31. The Hall–Kier alpha value is -0.490. The molecule has 0 aromatic heterocycles. The fourth-order valence-electron chi connectivity index (χ4n) is 2.83. The van der Waals surface area contributed by atoms with Crippen LogP contribution in [0.15, 0.2) is 17.1 Å². The molecular formula is C16H25BrCl2N4. The molecule has 1 heterocycles. The number of nitrogens with one attached hydrogen (secondary N) is 2. The highest BCUT2D eigenvalue weighted by atomic mass is 79.9. The van der Waals surface area contributed by atoms with E-state index in [1.54, 1.807) is 0 Å². The molecule has 0 fully saturated rings. The van der Waals surface area contributed by atoms with Gasteiger partial charge in [-0.3, -0.25) is 4.99 Å². The van der Waals surface area contributed by atoms with Crippen molar-refractivity contribution in [2.75, 3.05) is 38.0 Å². The fourth-order valence-corrected chi connectivity index (χ4v) is 3.46. The number of rotatable bonds is 6. The van der Waals surface area contributed by atoms with Crippen LogP contribution in [0.2, 0.25) is 10.0 Å². The van der Waals surface area contributed by atoms with Crippen molar-refractivity contribution < 1.29 is 21.5 Å². The Kier molecular flexibility index (Phi) is 8.14. The van der Waals surface area contributed by atoms with Gasteiger partial charge in [0.25, 0.3) is 0 Å². The molecule has 1 aliphatic rings. The number of hydrogen-bond acceptors (Lipinski definition) is 3. The summed E-state index contributed by atoms with van der Waals surface area (Å²) in [5, 5.41) is 7.62. The number of anilines is 1. The lowest BCUT2D eigenvalue weighted by molar-refractivity contribution is -0.936. The Bertz CT molecular complexity index is 528. The Morgan fingerprint density at radius 3 is 2.13 bits per heavy atom. The molecule has 0 saturated carbocycles. The lowest BCUT2D eigenvalue weighted by Crippen LogP contribution is -3.00. The highest BCUT2D eigenvalue weighted by Gasteiger charge is 2.22. The molecular weight excluding hydrogens is 399 g/mol. The summed E-state index contributed by atoms with van der Waals surface area (Å²) in [7, 11) is 0. The van der Waals surface area contributed by atoms with Crippen LogP contribution in [-0.2, 0) is 6.54 Å². The van der Waals surface area contributed by atoms with Gasteiger partial charge in [0, 0.05) is 12.1 Å². The van der Waals surface area contributed by atoms with E-state index in [1.165, 1.54) is 5.56 Å². The van der Waals surface area contributed by atoms with E-state index in [9.17, 15) is 0 Å². The molecule has 1 aromatic rings. The number of aliphatic imine (C=N–C) groups is 1. The third-order valence-corrected chi connectivity index (χ3v) is 5.15. The number of benzene rings is 1. The van der Waals surface area contributed by atoms with Crippen molar-refractivity contribution in [2.45, 2.75) is 27.3 Å². The molecule has 0 bridgehead atoms. The van der Waals surface area contributed by atoms with Crippen molar-refractivity contribution in [3.8, 4) is 0 Å². The van der Waals surface area contributed by atoms with Crippen molar-refractivity contribution >= 4 is 34.8 Å². The first-order valence-corrected chi connectivity index (χ1v) is 8.67. The van der Waals surface area contributed by atoms with Gasteiger partial charge < -0.3 is 32.1 Å². The van der Waals surface area contributed by atoms with Crippen LogP contribution in [0.1, 0.15) is 26.3 Å². The van der Waals surface area contributed by atoms with Gasteiger partial charge in [0.05, 0.1) is 41.9 Å². The molecule has 23 heavy (non-hydrogen) atoms. The summed E-state index contributed by atoms with van der Waals surface area (Å²) in [5.41, 5.74) is 1.90. The van der Waals surface area contributed by atoms with Gasteiger partial charge >= 0.3 is 0 Å². The highest BCUT2D eigenvalue weighted by molar-refractivity contribution is 6.39. The summed E-state index contributed by atoms with van der Waals surface area (Å²) in [6.07, 6.45) is 0. The van der Waals surface area contributed by atoms with E-state index < -0.39 is 0 Å². The molecule has 0 radical (unpaired) electrons. The standard InChI is InChI=1S/C16H25Cl2N4.BrH/c1-4-22(5-2,6-3)11-12-9-13(17)15(14(18)10-12)21-16-19-7-8-20-16;/h9-10H,4-8,11H2,1-3H3,(H2,19,20,21);1H/q+1;/p-1. The maximum atomic E-state index is 6.43. The summed E-state index contributed by atoms with van der Waals surface area (Å²) >= 11 is 12.9. The van der Waals surface area contributed by atoms with Crippen LogP contribution in [0.5, 0.6) is 0 Å². The largest absolute Gasteiger partial charge is 1.00 e. The van der Waals surface area contributed by atoms with Crippen molar-refractivity contribution in [3.05, 3.63) is 27.7 Å². The minimum Gasteiger partial charge on any atom is -1.00 e. The minimum absolute atomic E-state index is 0. The third kappa shape index (κ3) is 4.99. The van der Waals surface area contributed by atoms with Crippen molar-refractivity contribution in [1.29, 1.82) is 0 Å². The van der Waals surface area contributed by atoms with E-state index in [2.05, 4.69) is 36.4 Å². The van der Waals surface area contributed by atoms with Crippen LogP contribution < -0.4 is 27.6 Å². The van der Waals surface area contributed by atoms with Gasteiger partial charge in [0.2, 0.25) is 0 Å². The number of hydrogen-bond donors (Lipinski definition) is 2. The molecule has 0 spiro atoms. The molecule has 0 atom stereocenters. The lowest BCUT2D eigenvalue weighted by Gasteiger charge is -2.36. The first-order valence-electron chi connectivity index (χ1n) is 7.92. The number of guanidine groups is 1. The lowest BCUT2D eigenvalue weighted by atomic mass is 10.1. The smallest absolute Gasteiger partial charge is 0.196 e. The van der Waals surface area contributed by atoms with Crippen LogP contribution in [0.4, 0.5) is 5.69 Å². The van der Waals surface area contributed by atoms with Crippen LogP contribution in [-0.4, -0.2) is 43.2 Å². The number of halogens is 3. The van der Waals surface area contributed by atoms with Crippen molar-refractivity contribution in [3.63, 3.8) is 0 Å². The van der Waals surface area contributed by atoms with Crippen LogP contribution >= 0.6 is 23.2 Å². The molecule has 4 nitrogen and oxygen atoms in total. The van der Waals surface area contributed by atoms with Crippen LogP contribution in [0.3, 0.4) is 0 Å². The van der Waals surface area contributed by atoms with Crippen molar-refractivity contribution in [2.24, 2.45) is 4.99 Å². The topological polar surface area (TPSA) is 36.4 Å². The van der Waals surface area contributed by atoms with Gasteiger partial charge in [-0.25, -0.2) is 0 Å². The molecule has 1 aromatic carbocycles. The maximum Gasteiger partial charge on any atom is 0.196 e. The molecule has 130 valence electrons. The zero-order valence-electron chi connectivity index (χ0n) is 13.9. The van der Waals surface area contributed by atoms with Crippen molar-refractivity contribution in [1.82, 2.24) is 5.32 Å². The van der Waals surface area contributed by atoms with E-state index in [-0.39, 0.29) is 17.0 Å². The third-order valence-electron chi connectivity index (χ3n) is 4.55. The quantitative estimate of drug-likeness (QED) is 0.662. The monoisotopic (exact) mass is 422 g/mol. The summed E-state index contributed by atoms with van der Waals surface area (Å²) in [6.45, 7) is 12.6. The van der Waals surface area contributed by atoms with E-state index >= 15 is 0 Å². The Morgan fingerprint density at radius 1 is 1.13 bits per heavy atom. The van der Waals surface area contributed by atoms with Gasteiger partial charge in [-0.15, -0.1) is 0 Å². The second-order valence-electron chi connectivity index (χ2n) is 5.67. The zero-order valence-corrected chi connectivity index (χ0v) is 17.0. The van der Waals surface area contributed by atoms with Gasteiger partial charge in [0.1, 0.15) is 6.54 Å². The second-order valence-corrected chi connectivity index (χ2v) is 6.48. The highest BCUT2D eigenvalue weighted by Crippen LogP contribution is 2.33. The minimum atomic E-state index is 0. The molecule has 2 N–H and O–H groups in total. The predicted molar refractivity (Wildman–Crippen MR) is 96.0 cm³/mol. The van der Waals surface area contributed by atoms with Crippen LogP contribution in [0.25, 0.3) is 0 Å². The van der Waals surface area contributed by atoms with Gasteiger partial charge in [-0.1, -0.05) is 23.2 Å². The average molecular weight is 424 g/mol. The van der Waals surface area contributed by atoms with E-state index in [1.807, 2.05) is 12.1 Å². The Balaban J connectivity index is 0.00000264. The Morgan fingerprint density at radius 2 is 1.70 bits per heavy atom. The van der Waals surface area contributed by atoms with Crippen LogP contribution in [0, 0.1) is 0 Å². The first-order chi connectivity index (χ1) is 10.5. The fraction of sp³-hybridized carbons (Fsp3) is 0.562. The maximum absolute atomic E-state index is 6.43. The number of quaternary nitrogens is 1. The predicted octanol–water partition coefficient (Wildman–Crippen LogP) is 0.745. The van der Waals surface area contributed by atoms with Gasteiger partial charge in [0.15, 0.2) is 5.96 Å². The zero-order chi connectivity index (χ0) is 16.2. The molecule has 0 aliphatic carbocycles. The van der Waals surface area contributed by atoms with E-state index in [0.717, 1.165) is 55.4 Å². The summed E-state index contributed by atoms with van der Waals surface area (Å²) in [5.74, 6) is 0.734.